The molecule has 0 bridgehead atoms. The molecule has 124 valence electrons. The Morgan fingerprint density at radius 2 is 2.13 bits per heavy atom. The fraction of sp³-hybridized carbons (Fsp3) is 0.400. The van der Waals surface area contributed by atoms with Crippen molar-refractivity contribution in [2.75, 3.05) is 18.4 Å². The number of anilines is 1. The van der Waals surface area contributed by atoms with Gasteiger partial charge in [0.05, 0.1) is 0 Å². The summed E-state index contributed by atoms with van der Waals surface area (Å²) in [5.74, 6) is 1.36. The van der Waals surface area contributed by atoms with Crippen molar-refractivity contribution >= 4 is 35.9 Å². The minimum atomic E-state index is -0.241. The first-order chi connectivity index (χ1) is 10.6. The maximum Gasteiger partial charge on any atom is 0.258 e. The van der Waals surface area contributed by atoms with E-state index in [4.69, 9.17) is 11.6 Å². The lowest BCUT2D eigenvalue weighted by molar-refractivity contribution is 0.102. The van der Waals surface area contributed by atoms with Gasteiger partial charge in [-0.3, -0.25) is 10.1 Å². The highest BCUT2D eigenvalue weighted by Crippen LogP contribution is 2.23. The number of aryl methyl sites for hydroxylation is 1. The number of aromatic nitrogens is 3. The molecule has 2 N–H and O–H groups in total. The first kappa shape index (κ1) is 17.7. The molecule has 0 unspecified atom stereocenters. The second kappa shape index (κ2) is 7.77. The standard InChI is InChI=1S/C15H18ClN5O.ClH/c1-21-15(18-13(20-21)10-5-7-17-8-6-10)19-14(22)11-3-2-4-12(16)9-11;/h2-4,9-10,17H,5-8H2,1H3,(H,18,19,20,22);1H. The molecule has 8 heteroatoms. The van der Waals surface area contributed by atoms with Crippen LogP contribution in [0.2, 0.25) is 5.02 Å². The van der Waals surface area contributed by atoms with Gasteiger partial charge in [0.2, 0.25) is 5.95 Å². The average molecular weight is 356 g/mol. The van der Waals surface area contributed by atoms with Crippen molar-refractivity contribution in [1.29, 1.82) is 0 Å². The molecule has 1 fully saturated rings. The molecule has 0 atom stereocenters. The van der Waals surface area contributed by atoms with Gasteiger partial charge in [-0.1, -0.05) is 17.7 Å². The minimum Gasteiger partial charge on any atom is -0.317 e. The Kier molecular flexibility index (Phi) is 5.98. The van der Waals surface area contributed by atoms with Crippen LogP contribution in [0.15, 0.2) is 24.3 Å². The van der Waals surface area contributed by atoms with Crippen molar-refractivity contribution in [3.05, 3.63) is 40.7 Å². The van der Waals surface area contributed by atoms with E-state index in [2.05, 4.69) is 20.7 Å². The van der Waals surface area contributed by atoms with E-state index in [1.54, 1.807) is 36.0 Å². The van der Waals surface area contributed by atoms with E-state index in [0.717, 1.165) is 31.8 Å². The number of hydrogen-bond donors (Lipinski definition) is 2. The van der Waals surface area contributed by atoms with Crippen LogP contribution in [0.1, 0.15) is 34.9 Å². The summed E-state index contributed by atoms with van der Waals surface area (Å²) < 4.78 is 1.61. The molecule has 3 rings (SSSR count). The van der Waals surface area contributed by atoms with E-state index in [1.807, 2.05) is 0 Å². The summed E-state index contributed by atoms with van der Waals surface area (Å²) in [5, 5.41) is 11.1. The lowest BCUT2D eigenvalue weighted by atomic mass is 9.98. The first-order valence-electron chi connectivity index (χ1n) is 7.32. The number of benzene rings is 1. The molecule has 0 aliphatic carbocycles. The van der Waals surface area contributed by atoms with E-state index >= 15 is 0 Å². The Labute approximate surface area is 146 Å². The van der Waals surface area contributed by atoms with Crippen LogP contribution in [0.3, 0.4) is 0 Å². The molecular weight excluding hydrogens is 337 g/mol. The quantitative estimate of drug-likeness (QED) is 0.887. The zero-order chi connectivity index (χ0) is 15.5. The summed E-state index contributed by atoms with van der Waals surface area (Å²) in [6, 6.07) is 6.82. The number of nitrogens with zero attached hydrogens (tertiary/aromatic N) is 3. The fourth-order valence-corrected chi connectivity index (χ4v) is 2.76. The van der Waals surface area contributed by atoms with Gasteiger partial charge >= 0.3 is 0 Å². The highest BCUT2D eigenvalue weighted by molar-refractivity contribution is 6.31. The van der Waals surface area contributed by atoms with E-state index in [1.165, 1.54) is 0 Å². The topological polar surface area (TPSA) is 71.8 Å². The third-order valence-corrected chi connectivity index (χ3v) is 4.03. The van der Waals surface area contributed by atoms with Crippen molar-refractivity contribution in [3.8, 4) is 0 Å². The maximum absolute atomic E-state index is 12.2. The van der Waals surface area contributed by atoms with E-state index in [9.17, 15) is 4.79 Å². The second-order valence-electron chi connectivity index (χ2n) is 5.41. The third kappa shape index (κ3) is 4.22. The Bertz CT molecular complexity index is 682. The van der Waals surface area contributed by atoms with Crippen molar-refractivity contribution in [2.45, 2.75) is 18.8 Å². The number of amides is 1. The van der Waals surface area contributed by atoms with Crippen LogP contribution >= 0.6 is 24.0 Å². The van der Waals surface area contributed by atoms with Crippen LogP contribution in [0.25, 0.3) is 0 Å². The number of nitrogens with one attached hydrogen (secondary N) is 2. The molecule has 0 radical (unpaired) electrons. The lowest BCUT2D eigenvalue weighted by Crippen LogP contribution is -2.27. The van der Waals surface area contributed by atoms with Crippen LogP contribution < -0.4 is 10.6 Å². The number of carbonyl (C=O) groups is 1. The molecule has 1 aromatic carbocycles. The highest BCUT2D eigenvalue weighted by atomic mass is 35.5. The molecule has 1 aromatic heterocycles. The summed E-state index contributed by atoms with van der Waals surface area (Å²) in [5.41, 5.74) is 0.499. The second-order valence-corrected chi connectivity index (χ2v) is 5.84. The SMILES string of the molecule is Cl.Cn1nc(C2CCNCC2)nc1NC(=O)c1cccc(Cl)c1. The van der Waals surface area contributed by atoms with Crippen LogP contribution in [-0.4, -0.2) is 33.8 Å². The molecule has 2 aromatic rings. The van der Waals surface area contributed by atoms with Crippen LogP contribution in [-0.2, 0) is 7.05 Å². The van der Waals surface area contributed by atoms with Gasteiger partial charge in [0.25, 0.3) is 5.91 Å². The van der Waals surface area contributed by atoms with Gasteiger partial charge < -0.3 is 5.32 Å². The van der Waals surface area contributed by atoms with Gasteiger partial charge in [-0.2, -0.15) is 10.1 Å². The Morgan fingerprint density at radius 3 is 2.83 bits per heavy atom. The van der Waals surface area contributed by atoms with E-state index < -0.39 is 0 Å². The van der Waals surface area contributed by atoms with Gasteiger partial charge in [0.1, 0.15) is 0 Å². The van der Waals surface area contributed by atoms with E-state index in [0.29, 0.717) is 22.5 Å². The van der Waals surface area contributed by atoms with Gasteiger partial charge in [0.15, 0.2) is 5.82 Å². The van der Waals surface area contributed by atoms with Gasteiger partial charge in [-0.05, 0) is 44.1 Å². The first-order valence-corrected chi connectivity index (χ1v) is 7.70. The fourth-order valence-electron chi connectivity index (χ4n) is 2.57. The van der Waals surface area contributed by atoms with Crippen molar-refractivity contribution in [1.82, 2.24) is 20.1 Å². The molecular formula is C15H19Cl2N5O. The summed E-state index contributed by atoms with van der Waals surface area (Å²) in [4.78, 5) is 16.7. The predicted octanol–water partition coefficient (Wildman–Crippen LogP) is 2.61. The number of hydrogen-bond acceptors (Lipinski definition) is 4. The van der Waals surface area contributed by atoms with Gasteiger partial charge in [0, 0.05) is 23.6 Å². The van der Waals surface area contributed by atoms with Crippen molar-refractivity contribution in [2.24, 2.45) is 7.05 Å². The number of carbonyl (C=O) groups excluding carboxylic acids is 1. The minimum absolute atomic E-state index is 0. The number of halogens is 2. The maximum atomic E-state index is 12.2. The molecule has 1 saturated heterocycles. The lowest BCUT2D eigenvalue weighted by Gasteiger charge is -2.19. The predicted molar refractivity (Wildman–Crippen MR) is 92.5 cm³/mol. The molecule has 0 saturated carbocycles. The van der Waals surface area contributed by atoms with Crippen LogP contribution in [0, 0.1) is 0 Å². The van der Waals surface area contributed by atoms with Crippen molar-refractivity contribution in [3.63, 3.8) is 0 Å². The molecule has 6 nitrogen and oxygen atoms in total. The van der Waals surface area contributed by atoms with Gasteiger partial charge in [-0.15, -0.1) is 12.4 Å². The van der Waals surface area contributed by atoms with E-state index in [-0.39, 0.29) is 18.3 Å². The van der Waals surface area contributed by atoms with Crippen LogP contribution in [0.4, 0.5) is 5.95 Å². The van der Waals surface area contributed by atoms with Crippen LogP contribution in [0.5, 0.6) is 0 Å². The molecule has 1 aliphatic rings. The Hall–Kier alpha value is -1.63. The summed E-state index contributed by atoms with van der Waals surface area (Å²) in [7, 11) is 1.78. The Balaban J connectivity index is 0.00000192. The molecule has 0 spiro atoms. The van der Waals surface area contributed by atoms with Crippen molar-refractivity contribution < 1.29 is 4.79 Å². The smallest absolute Gasteiger partial charge is 0.258 e. The number of piperidine rings is 1. The number of rotatable bonds is 3. The third-order valence-electron chi connectivity index (χ3n) is 3.80. The highest BCUT2D eigenvalue weighted by Gasteiger charge is 2.21. The summed E-state index contributed by atoms with van der Waals surface area (Å²) in [6.45, 7) is 1.96. The molecule has 2 heterocycles. The van der Waals surface area contributed by atoms with Gasteiger partial charge in [-0.25, -0.2) is 4.68 Å². The zero-order valence-corrected chi connectivity index (χ0v) is 14.3. The zero-order valence-electron chi connectivity index (χ0n) is 12.8. The summed E-state index contributed by atoms with van der Waals surface area (Å²) in [6.07, 6.45) is 2.04. The normalized spacial score (nSPS) is 15.0. The average Bonchev–Trinajstić information content (AvgIpc) is 2.89. The summed E-state index contributed by atoms with van der Waals surface area (Å²) >= 11 is 5.91. The Morgan fingerprint density at radius 1 is 1.39 bits per heavy atom. The molecule has 23 heavy (non-hydrogen) atoms. The molecule has 1 aliphatic heterocycles. The monoisotopic (exact) mass is 355 g/mol. The molecule has 1 amide bonds. The largest absolute Gasteiger partial charge is 0.317 e.